The van der Waals surface area contributed by atoms with Crippen LogP contribution in [0.25, 0.3) is 0 Å². The molecule has 4 rings (SSSR count). The van der Waals surface area contributed by atoms with Crippen LogP contribution in [0.4, 0.5) is 0 Å². The first-order chi connectivity index (χ1) is 17.9. The van der Waals surface area contributed by atoms with E-state index in [-0.39, 0.29) is 35.5 Å². The zero-order valence-corrected chi connectivity index (χ0v) is 22.3. The molecule has 0 fully saturated rings. The third-order valence-electron chi connectivity index (χ3n) is 6.12. The van der Waals surface area contributed by atoms with Gasteiger partial charge >= 0.3 is 0 Å². The van der Waals surface area contributed by atoms with Crippen LogP contribution >= 0.6 is 0 Å². The van der Waals surface area contributed by atoms with Crippen molar-refractivity contribution >= 4 is 23.6 Å². The molecule has 2 aromatic rings. The molecule has 3 atom stereocenters. The second-order valence-electron chi connectivity index (χ2n) is 10.3. The Bertz CT molecular complexity index is 1180. The third kappa shape index (κ3) is 7.47. The normalized spacial score (nSPS) is 20.6. The summed E-state index contributed by atoms with van der Waals surface area (Å²) >= 11 is 0. The van der Waals surface area contributed by atoms with Crippen molar-refractivity contribution in [1.82, 2.24) is 21.3 Å². The third-order valence-corrected chi connectivity index (χ3v) is 6.12. The van der Waals surface area contributed by atoms with Gasteiger partial charge in [-0.25, -0.2) is 0 Å². The minimum atomic E-state index is -0.988. The van der Waals surface area contributed by atoms with Crippen LogP contribution in [-0.2, 0) is 20.8 Å². The highest BCUT2D eigenvalue weighted by molar-refractivity contribution is 6.00. The predicted octanol–water partition coefficient (Wildman–Crippen LogP) is 2.26. The Balaban J connectivity index is 1.98. The number of hydrogen-bond acceptors (Lipinski definition) is 6. The average molecular weight is 525 g/mol. The maximum atomic E-state index is 13.1. The van der Waals surface area contributed by atoms with E-state index in [1.807, 2.05) is 13.8 Å². The van der Waals surface area contributed by atoms with Gasteiger partial charge in [0.25, 0.3) is 5.91 Å². The fraction of sp³-hybridized carbons (Fsp3) is 0.429. The second kappa shape index (κ2) is 12.4. The van der Waals surface area contributed by atoms with E-state index in [1.165, 1.54) is 25.1 Å². The highest BCUT2D eigenvalue weighted by Crippen LogP contribution is 2.28. The quantitative estimate of drug-likeness (QED) is 0.388. The number of carbonyl (C=O) groups excluding carboxylic acids is 4. The van der Waals surface area contributed by atoms with E-state index in [9.17, 15) is 24.3 Å². The van der Waals surface area contributed by atoms with Gasteiger partial charge in [-0.2, -0.15) is 0 Å². The zero-order valence-electron chi connectivity index (χ0n) is 22.3. The number of phenolic OH excluding ortho intramolecular Hbond substituents is 1. The van der Waals surface area contributed by atoms with Crippen LogP contribution < -0.4 is 26.0 Å². The monoisotopic (exact) mass is 524 g/mol. The first kappa shape index (κ1) is 28.5. The van der Waals surface area contributed by atoms with Crippen LogP contribution in [-0.4, -0.2) is 53.4 Å². The lowest BCUT2D eigenvalue weighted by atomic mass is 10.0. The van der Waals surface area contributed by atoms with Crippen molar-refractivity contribution in [2.45, 2.75) is 59.2 Å². The minimum Gasteiger partial charge on any atom is -0.507 e. The molecule has 10 heteroatoms. The highest BCUT2D eigenvalue weighted by atomic mass is 16.5. The Hall–Kier alpha value is -4.08. The lowest BCUT2D eigenvalue weighted by Crippen LogP contribution is -2.57. The fourth-order valence-corrected chi connectivity index (χ4v) is 3.88. The number of ether oxygens (including phenoxy) is 1. The summed E-state index contributed by atoms with van der Waals surface area (Å²) in [7, 11) is 0. The lowest BCUT2D eigenvalue weighted by Gasteiger charge is -2.25. The summed E-state index contributed by atoms with van der Waals surface area (Å²) < 4.78 is 5.87. The molecular weight excluding hydrogens is 488 g/mol. The van der Waals surface area contributed by atoms with Gasteiger partial charge in [0.1, 0.15) is 35.4 Å². The van der Waals surface area contributed by atoms with Gasteiger partial charge in [0.15, 0.2) is 0 Å². The van der Waals surface area contributed by atoms with Crippen LogP contribution in [0.2, 0.25) is 0 Å². The summed E-state index contributed by atoms with van der Waals surface area (Å²) in [5.41, 5.74) is 0.727. The van der Waals surface area contributed by atoms with E-state index in [0.717, 1.165) is 5.56 Å². The maximum absolute atomic E-state index is 13.1. The molecule has 0 aliphatic carbocycles. The average Bonchev–Trinajstić information content (AvgIpc) is 2.86. The molecule has 2 aromatic carbocycles. The molecule has 2 aliphatic rings. The summed E-state index contributed by atoms with van der Waals surface area (Å²) in [4.78, 5) is 52.0. The molecule has 2 aliphatic heterocycles. The SMILES string of the molecule is CC(C)CNC(=O)[C@@H]1Cc2ccc(cc2)Oc2ccc(O)c(c2)C(=O)N[C@@H](C(C)C)C(=O)N[C@@H](C)C(=O)N1. The van der Waals surface area contributed by atoms with E-state index in [0.29, 0.717) is 18.0 Å². The van der Waals surface area contributed by atoms with Crippen LogP contribution in [0.15, 0.2) is 42.5 Å². The van der Waals surface area contributed by atoms with Gasteiger partial charge in [0, 0.05) is 13.0 Å². The van der Waals surface area contributed by atoms with Crippen molar-refractivity contribution in [3.05, 3.63) is 53.6 Å². The van der Waals surface area contributed by atoms with E-state index in [4.69, 9.17) is 4.74 Å². The van der Waals surface area contributed by atoms with Crippen molar-refractivity contribution in [2.75, 3.05) is 6.54 Å². The number of benzene rings is 2. The topological polar surface area (TPSA) is 146 Å². The molecule has 204 valence electrons. The molecule has 2 heterocycles. The molecule has 0 saturated heterocycles. The Morgan fingerprint density at radius 1 is 0.974 bits per heavy atom. The largest absolute Gasteiger partial charge is 0.507 e. The van der Waals surface area contributed by atoms with Gasteiger partial charge < -0.3 is 31.1 Å². The Kier molecular flexibility index (Phi) is 9.33. The Labute approximate surface area is 222 Å². The summed E-state index contributed by atoms with van der Waals surface area (Å²) in [6.07, 6.45) is 0.227. The molecule has 0 saturated carbocycles. The van der Waals surface area contributed by atoms with Gasteiger partial charge in [-0.3, -0.25) is 19.2 Å². The van der Waals surface area contributed by atoms with E-state index >= 15 is 0 Å². The summed E-state index contributed by atoms with van der Waals surface area (Å²) in [6.45, 7) is 9.40. The number of fused-ring (bicyclic) bond motifs is 11. The van der Waals surface area contributed by atoms with Crippen molar-refractivity contribution < 1.29 is 29.0 Å². The Morgan fingerprint density at radius 3 is 2.26 bits per heavy atom. The lowest BCUT2D eigenvalue weighted by molar-refractivity contribution is -0.132. The number of aromatic hydroxyl groups is 1. The molecular formula is C28H36N4O6. The van der Waals surface area contributed by atoms with Gasteiger partial charge in [0.05, 0.1) is 5.56 Å². The van der Waals surface area contributed by atoms with Crippen molar-refractivity contribution in [3.63, 3.8) is 0 Å². The number of hydrogen-bond donors (Lipinski definition) is 5. The van der Waals surface area contributed by atoms with Crippen molar-refractivity contribution in [2.24, 2.45) is 11.8 Å². The van der Waals surface area contributed by atoms with Crippen LogP contribution in [0, 0.1) is 11.8 Å². The van der Waals surface area contributed by atoms with Gasteiger partial charge in [0.2, 0.25) is 17.7 Å². The van der Waals surface area contributed by atoms with Crippen LogP contribution in [0.1, 0.15) is 50.5 Å². The molecule has 10 nitrogen and oxygen atoms in total. The second-order valence-corrected chi connectivity index (χ2v) is 10.3. The first-order valence-corrected chi connectivity index (χ1v) is 12.7. The highest BCUT2D eigenvalue weighted by Gasteiger charge is 2.30. The van der Waals surface area contributed by atoms with Crippen LogP contribution in [0.3, 0.4) is 0 Å². The maximum Gasteiger partial charge on any atom is 0.255 e. The fourth-order valence-electron chi connectivity index (χ4n) is 3.88. The molecule has 38 heavy (non-hydrogen) atoms. The van der Waals surface area contributed by atoms with Crippen molar-refractivity contribution in [1.29, 1.82) is 0 Å². The molecule has 0 unspecified atom stereocenters. The first-order valence-electron chi connectivity index (χ1n) is 12.7. The standard InChI is InChI=1S/C28H36N4O6/c1-15(2)14-29-27(36)22-12-18-6-8-19(9-7-18)38-20-10-11-23(33)21(13-20)26(35)32-24(16(3)4)28(37)30-17(5)25(34)31-22/h6-11,13,15-17,22,24,33H,12,14H2,1-5H3,(H,29,36)(H,30,37)(H,31,34)(H,32,35)/t17-,22-,24-/m0/s1. The number of phenols is 1. The molecule has 0 aromatic heterocycles. The summed E-state index contributed by atoms with van der Waals surface area (Å²) in [6, 6.07) is 8.41. The summed E-state index contributed by atoms with van der Waals surface area (Å²) in [5, 5.41) is 21.2. The zero-order chi connectivity index (χ0) is 28.0. The minimum absolute atomic E-state index is 0.0558. The van der Waals surface area contributed by atoms with Gasteiger partial charge in [-0.05, 0) is 54.7 Å². The molecule has 5 N–H and O–H groups in total. The molecule has 0 radical (unpaired) electrons. The summed E-state index contributed by atoms with van der Waals surface area (Å²) in [5.74, 6) is -1.67. The number of carbonyl (C=O) groups is 4. The predicted molar refractivity (Wildman–Crippen MR) is 142 cm³/mol. The molecule has 4 bridgehead atoms. The van der Waals surface area contributed by atoms with Gasteiger partial charge in [-0.15, -0.1) is 0 Å². The molecule has 4 amide bonds. The number of rotatable bonds is 4. The van der Waals surface area contributed by atoms with E-state index in [1.54, 1.807) is 38.1 Å². The van der Waals surface area contributed by atoms with Crippen molar-refractivity contribution in [3.8, 4) is 17.2 Å². The number of amides is 4. The smallest absolute Gasteiger partial charge is 0.255 e. The van der Waals surface area contributed by atoms with E-state index < -0.39 is 35.8 Å². The van der Waals surface area contributed by atoms with Crippen LogP contribution in [0.5, 0.6) is 17.2 Å². The van der Waals surface area contributed by atoms with Gasteiger partial charge in [-0.1, -0.05) is 39.8 Å². The number of nitrogens with one attached hydrogen (secondary N) is 4. The molecule has 0 spiro atoms. The van der Waals surface area contributed by atoms with E-state index in [2.05, 4.69) is 21.3 Å². The Morgan fingerprint density at radius 2 is 1.63 bits per heavy atom.